The largest absolute Gasteiger partial charge is 0.457 e. The summed E-state index contributed by atoms with van der Waals surface area (Å²) >= 11 is 0. The van der Waals surface area contributed by atoms with Gasteiger partial charge in [-0.3, -0.25) is 0 Å². The lowest BCUT2D eigenvalue weighted by Crippen LogP contribution is -1.97. The minimum atomic E-state index is -0.300. The lowest BCUT2D eigenvalue weighted by atomic mass is 10.2. The molecule has 0 unspecified atom stereocenters. The van der Waals surface area contributed by atoms with Crippen LogP contribution in [0.3, 0.4) is 0 Å². The van der Waals surface area contributed by atoms with Gasteiger partial charge in [0.1, 0.15) is 12.4 Å². The molecule has 1 heterocycles. The van der Waals surface area contributed by atoms with E-state index in [0.717, 1.165) is 0 Å². The molecule has 5 nitrogen and oxygen atoms in total. The van der Waals surface area contributed by atoms with Crippen LogP contribution in [0.15, 0.2) is 24.3 Å². The Labute approximate surface area is 85.1 Å². The third kappa shape index (κ3) is 2.43. The zero-order valence-corrected chi connectivity index (χ0v) is 7.77. The van der Waals surface area contributed by atoms with E-state index in [1.54, 1.807) is 12.1 Å². The Kier molecular flexibility index (Phi) is 2.49. The van der Waals surface area contributed by atoms with E-state index in [1.165, 1.54) is 12.1 Å². The molecule has 0 saturated carbocycles. The fourth-order valence-electron chi connectivity index (χ4n) is 1.10. The van der Waals surface area contributed by atoms with Crippen molar-refractivity contribution in [3.63, 3.8) is 0 Å². The predicted molar refractivity (Wildman–Crippen MR) is 51.5 cm³/mol. The fourth-order valence-corrected chi connectivity index (χ4v) is 1.10. The van der Waals surface area contributed by atoms with E-state index in [-0.39, 0.29) is 24.4 Å². The fraction of sp³-hybridized carbons (Fsp3) is 0.111. The van der Waals surface area contributed by atoms with Crippen molar-refractivity contribution in [1.82, 2.24) is 15.2 Å². The first-order valence-corrected chi connectivity index (χ1v) is 4.29. The number of hydrogen-bond donors (Lipinski definition) is 2. The lowest BCUT2D eigenvalue weighted by Gasteiger charge is -2.01. The molecule has 0 aliphatic heterocycles. The van der Waals surface area contributed by atoms with Crippen LogP contribution in [0.5, 0.6) is 6.01 Å². The summed E-state index contributed by atoms with van der Waals surface area (Å²) in [5, 5.41) is 6.11. The molecule has 0 amide bonds. The van der Waals surface area contributed by atoms with Gasteiger partial charge in [-0.2, -0.15) is 4.98 Å². The Morgan fingerprint density at radius 2 is 2.33 bits per heavy atom. The maximum absolute atomic E-state index is 12.8. The van der Waals surface area contributed by atoms with Crippen molar-refractivity contribution >= 4 is 5.95 Å². The summed E-state index contributed by atoms with van der Waals surface area (Å²) in [5.74, 6) is -0.116. The molecular formula is C9H9FN4O. The molecule has 0 radical (unpaired) electrons. The van der Waals surface area contributed by atoms with E-state index in [4.69, 9.17) is 10.5 Å². The molecule has 15 heavy (non-hydrogen) atoms. The molecule has 1 aromatic heterocycles. The molecule has 0 atom stereocenters. The molecule has 0 fully saturated rings. The normalized spacial score (nSPS) is 10.2. The summed E-state index contributed by atoms with van der Waals surface area (Å²) in [4.78, 5) is 3.74. The van der Waals surface area contributed by atoms with Crippen molar-refractivity contribution in [2.75, 3.05) is 5.73 Å². The van der Waals surface area contributed by atoms with E-state index in [9.17, 15) is 4.39 Å². The van der Waals surface area contributed by atoms with E-state index < -0.39 is 0 Å². The zero-order valence-electron chi connectivity index (χ0n) is 7.77. The van der Waals surface area contributed by atoms with E-state index in [1.807, 2.05) is 0 Å². The van der Waals surface area contributed by atoms with Crippen LogP contribution in [0.1, 0.15) is 5.56 Å². The molecule has 0 aliphatic rings. The number of halogens is 1. The Balaban J connectivity index is 1.99. The number of nitrogen functional groups attached to an aromatic ring is 1. The van der Waals surface area contributed by atoms with Gasteiger partial charge in [-0.15, -0.1) is 5.10 Å². The number of nitrogens with zero attached hydrogens (tertiary/aromatic N) is 2. The van der Waals surface area contributed by atoms with Crippen LogP contribution in [-0.2, 0) is 6.61 Å². The Morgan fingerprint density at radius 1 is 1.47 bits per heavy atom. The smallest absolute Gasteiger partial charge is 0.337 e. The molecule has 0 bridgehead atoms. The summed E-state index contributed by atoms with van der Waals surface area (Å²) in [5.41, 5.74) is 6.01. The number of ether oxygens (including phenoxy) is 1. The van der Waals surface area contributed by atoms with Crippen LogP contribution in [0.4, 0.5) is 10.3 Å². The number of rotatable bonds is 3. The number of nitrogens with two attached hydrogens (primary N) is 1. The molecule has 0 saturated heterocycles. The van der Waals surface area contributed by atoms with Gasteiger partial charge in [0.15, 0.2) is 0 Å². The van der Waals surface area contributed by atoms with Gasteiger partial charge in [0.25, 0.3) is 0 Å². The first kappa shape index (κ1) is 9.45. The SMILES string of the molecule is Nc1nc(OCc2cccc(F)c2)n[nH]1. The molecule has 6 heteroatoms. The van der Waals surface area contributed by atoms with Crippen molar-refractivity contribution in [2.45, 2.75) is 6.61 Å². The standard InChI is InChI=1S/C9H9FN4O/c10-7-3-1-2-6(4-7)5-15-9-12-8(11)13-14-9/h1-4H,5H2,(H3,11,12,13,14). The predicted octanol–water partition coefficient (Wildman–Crippen LogP) is 1.10. The molecule has 2 aromatic rings. The molecule has 2 rings (SSSR count). The molecule has 3 N–H and O–H groups in total. The average Bonchev–Trinajstić information content (AvgIpc) is 2.62. The number of benzene rings is 1. The monoisotopic (exact) mass is 208 g/mol. The van der Waals surface area contributed by atoms with Gasteiger partial charge in [-0.25, -0.2) is 9.49 Å². The van der Waals surface area contributed by atoms with Gasteiger partial charge >= 0.3 is 6.01 Å². The average molecular weight is 208 g/mol. The van der Waals surface area contributed by atoms with Gasteiger partial charge in [0, 0.05) is 0 Å². The van der Waals surface area contributed by atoms with Crippen LogP contribution in [0.25, 0.3) is 0 Å². The van der Waals surface area contributed by atoms with Gasteiger partial charge in [-0.1, -0.05) is 12.1 Å². The van der Waals surface area contributed by atoms with Crippen molar-refractivity contribution in [1.29, 1.82) is 0 Å². The van der Waals surface area contributed by atoms with E-state index in [2.05, 4.69) is 15.2 Å². The van der Waals surface area contributed by atoms with Crippen molar-refractivity contribution < 1.29 is 9.13 Å². The van der Waals surface area contributed by atoms with Gasteiger partial charge < -0.3 is 10.5 Å². The Hall–Kier alpha value is -2.11. The first-order chi connectivity index (χ1) is 7.24. The molecular weight excluding hydrogens is 199 g/mol. The molecule has 0 spiro atoms. The number of nitrogens with one attached hydrogen (secondary N) is 1. The summed E-state index contributed by atoms with van der Waals surface area (Å²) in [6.45, 7) is 0.203. The summed E-state index contributed by atoms with van der Waals surface area (Å²) in [6, 6.07) is 6.26. The van der Waals surface area contributed by atoms with Crippen LogP contribution < -0.4 is 10.5 Å². The van der Waals surface area contributed by atoms with E-state index >= 15 is 0 Å². The van der Waals surface area contributed by atoms with Gasteiger partial charge in [-0.05, 0) is 17.7 Å². The highest BCUT2D eigenvalue weighted by molar-refractivity contribution is 5.17. The summed E-state index contributed by atoms with van der Waals surface area (Å²) in [7, 11) is 0. The second-order valence-electron chi connectivity index (χ2n) is 2.92. The second kappa shape index (κ2) is 3.95. The second-order valence-corrected chi connectivity index (χ2v) is 2.92. The highest BCUT2D eigenvalue weighted by atomic mass is 19.1. The number of anilines is 1. The van der Waals surface area contributed by atoms with Gasteiger partial charge in [0.05, 0.1) is 0 Å². The lowest BCUT2D eigenvalue weighted by molar-refractivity contribution is 0.281. The molecule has 1 aromatic carbocycles. The number of aromatic amines is 1. The van der Waals surface area contributed by atoms with Gasteiger partial charge in [0.2, 0.25) is 5.95 Å². The number of H-pyrrole nitrogens is 1. The van der Waals surface area contributed by atoms with Crippen molar-refractivity contribution in [3.8, 4) is 6.01 Å². The maximum atomic E-state index is 12.8. The molecule has 78 valence electrons. The Morgan fingerprint density at radius 3 is 3.00 bits per heavy atom. The highest BCUT2D eigenvalue weighted by Crippen LogP contribution is 2.08. The van der Waals surface area contributed by atoms with Crippen LogP contribution in [-0.4, -0.2) is 15.2 Å². The quantitative estimate of drug-likeness (QED) is 0.791. The molecule has 0 aliphatic carbocycles. The summed E-state index contributed by atoms with van der Waals surface area (Å²) < 4.78 is 18.0. The van der Waals surface area contributed by atoms with E-state index in [0.29, 0.717) is 5.56 Å². The number of hydrogen-bond acceptors (Lipinski definition) is 4. The van der Waals surface area contributed by atoms with Crippen molar-refractivity contribution in [3.05, 3.63) is 35.6 Å². The number of aromatic nitrogens is 3. The topological polar surface area (TPSA) is 76.8 Å². The third-order valence-electron chi connectivity index (χ3n) is 1.74. The van der Waals surface area contributed by atoms with Crippen LogP contribution in [0.2, 0.25) is 0 Å². The third-order valence-corrected chi connectivity index (χ3v) is 1.74. The zero-order chi connectivity index (χ0) is 10.7. The summed E-state index contributed by atoms with van der Waals surface area (Å²) in [6.07, 6.45) is 0. The van der Waals surface area contributed by atoms with Crippen LogP contribution >= 0.6 is 0 Å². The minimum Gasteiger partial charge on any atom is -0.457 e. The Bertz CT molecular complexity index is 457. The van der Waals surface area contributed by atoms with Crippen LogP contribution in [0, 0.1) is 5.82 Å². The minimum absolute atomic E-state index is 0.150. The maximum Gasteiger partial charge on any atom is 0.337 e. The highest BCUT2D eigenvalue weighted by Gasteiger charge is 2.01. The van der Waals surface area contributed by atoms with Crippen molar-refractivity contribution in [2.24, 2.45) is 0 Å². The first-order valence-electron chi connectivity index (χ1n) is 4.29.